The monoisotopic (exact) mass is 445 g/mol. The first-order valence-electron chi connectivity index (χ1n) is 10.5. The summed E-state index contributed by atoms with van der Waals surface area (Å²) in [6.07, 6.45) is 7.36. The molecule has 31 heavy (non-hydrogen) atoms. The molecule has 1 aliphatic heterocycles. The van der Waals surface area contributed by atoms with Gasteiger partial charge in [-0.25, -0.2) is 22.9 Å². The second-order valence-corrected chi connectivity index (χ2v) is 9.81. The molecule has 2 amide bonds. The molecular formula is C22H27N3O5S. The van der Waals surface area contributed by atoms with Crippen LogP contribution < -0.4 is 14.8 Å². The lowest BCUT2D eigenvalue weighted by atomic mass is 9.98. The van der Waals surface area contributed by atoms with Gasteiger partial charge in [0.25, 0.3) is 0 Å². The van der Waals surface area contributed by atoms with Crippen molar-refractivity contribution in [3.8, 4) is 17.0 Å². The van der Waals surface area contributed by atoms with E-state index in [2.05, 4.69) is 16.4 Å². The van der Waals surface area contributed by atoms with Gasteiger partial charge < -0.3 is 14.8 Å². The van der Waals surface area contributed by atoms with Gasteiger partial charge in [-0.2, -0.15) is 0 Å². The van der Waals surface area contributed by atoms with Crippen molar-refractivity contribution in [3.05, 3.63) is 41.6 Å². The quantitative estimate of drug-likeness (QED) is 0.708. The second-order valence-electron chi connectivity index (χ2n) is 8.06. The van der Waals surface area contributed by atoms with Gasteiger partial charge in [0, 0.05) is 31.0 Å². The number of amides is 2. The molecule has 1 aromatic heterocycles. The number of carbonyl (C=O) groups excluding carboxylic acids is 1. The van der Waals surface area contributed by atoms with E-state index < -0.39 is 16.1 Å². The Morgan fingerprint density at radius 3 is 2.81 bits per heavy atom. The van der Waals surface area contributed by atoms with Crippen LogP contribution in [0.15, 0.2) is 30.5 Å². The maximum absolute atomic E-state index is 12.3. The zero-order chi connectivity index (χ0) is 21.8. The topological polar surface area (TPSA) is 107 Å². The number of benzene rings is 1. The predicted octanol–water partition coefficient (Wildman–Crippen LogP) is 3.12. The summed E-state index contributed by atoms with van der Waals surface area (Å²) in [7, 11) is -3.66. The lowest BCUT2D eigenvalue weighted by Gasteiger charge is -2.22. The number of anilines is 1. The van der Waals surface area contributed by atoms with Gasteiger partial charge in [0.05, 0.1) is 18.6 Å². The molecule has 2 N–H and O–H groups in total. The highest BCUT2D eigenvalue weighted by Crippen LogP contribution is 2.38. The first-order valence-corrected chi connectivity index (χ1v) is 12.4. The number of urea groups is 1. The number of hydrogen-bond donors (Lipinski definition) is 2. The summed E-state index contributed by atoms with van der Waals surface area (Å²) >= 11 is 0. The number of fused-ring (bicyclic) bond motifs is 1. The van der Waals surface area contributed by atoms with Crippen LogP contribution in [-0.4, -0.2) is 45.5 Å². The minimum absolute atomic E-state index is 0.455. The maximum Gasteiger partial charge on any atom is 0.332 e. The number of rotatable bonds is 6. The molecule has 2 heterocycles. The van der Waals surface area contributed by atoms with E-state index in [4.69, 9.17) is 9.47 Å². The summed E-state index contributed by atoms with van der Waals surface area (Å²) in [6.45, 7) is 2.12. The Morgan fingerprint density at radius 2 is 2.03 bits per heavy atom. The highest BCUT2D eigenvalue weighted by Gasteiger charge is 2.22. The van der Waals surface area contributed by atoms with Crippen molar-refractivity contribution in [1.82, 2.24) is 9.71 Å². The predicted molar refractivity (Wildman–Crippen MR) is 118 cm³/mol. The van der Waals surface area contributed by atoms with Crippen LogP contribution in [-0.2, 0) is 27.6 Å². The van der Waals surface area contributed by atoms with Gasteiger partial charge in [0.2, 0.25) is 15.9 Å². The van der Waals surface area contributed by atoms with Crippen LogP contribution in [0.2, 0.25) is 0 Å². The number of hydrogen-bond acceptors (Lipinski definition) is 6. The van der Waals surface area contributed by atoms with Crippen LogP contribution in [0.1, 0.15) is 30.4 Å². The van der Waals surface area contributed by atoms with Crippen molar-refractivity contribution in [3.63, 3.8) is 0 Å². The molecule has 2 aliphatic rings. The van der Waals surface area contributed by atoms with Crippen molar-refractivity contribution < 1.29 is 22.7 Å². The number of pyridine rings is 1. The Kier molecular flexibility index (Phi) is 6.43. The van der Waals surface area contributed by atoms with E-state index in [1.165, 1.54) is 5.56 Å². The normalized spacial score (nSPS) is 16.5. The first-order chi connectivity index (χ1) is 14.9. The summed E-state index contributed by atoms with van der Waals surface area (Å²) in [6, 6.07) is 6.97. The van der Waals surface area contributed by atoms with Gasteiger partial charge in [-0.1, -0.05) is 12.1 Å². The Hall–Kier alpha value is -2.65. The van der Waals surface area contributed by atoms with E-state index in [0.717, 1.165) is 68.3 Å². The van der Waals surface area contributed by atoms with Crippen molar-refractivity contribution in [2.24, 2.45) is 5.92 Å². The SMILES string of the molecule is CS(=O)(=O)NC(=O)Nc1c(-c2ccnc(OCC3CCOCC3)c2)ccc2c1CCC2. The fraction of sp³-hybridized carbons (Fsp3) is 0.455. The molecule has 9 heteroatoms. The van der Waals surface area contributed by atoms with Crippen molar-refractivity contribution in [2.75, 3.05) is 31.4 Å². The molecule has 1 aromatic carbocycles. The van der Waals surface area contributed by atoms with Crippen LogP contribution in [0.5, 0.6) is 5.88 Å². The standard InChI is InChI=1S/C22H27N3O5S/c1-31(27,28)25-22(26)24-21-18-4-2-3-16(18)5-6-19(21)17-7-10-23-20(13-17)30-14-15-8-11-29-12-9-15/h5-7,10,13,15H,2-4,8-9,11-12,14H2,1H3,(H2,24,25,26). The average Bonchev–Trinajstić information content (AvgIpc) is 3.21. The molecule has 0 saturated carbocycles. The van der Waals surface area contributed by atoms with E-state index >= 15 is 0 Å². The number of nitrogens with zero attached hydrogens (tertiary/aromatic N) is 1. The van der Waals surface area contributed by atoms with Gasteiger partial charge in [-0.3, -0.25) is 0 Å². The summed E-state index contributed by atoms with van der Waals surface area (Å²) in [5.41, 5.74) is 4.51. The van der Waals surface area contributed by atoms with Crippen LogP contribution in [0.4, 0.5) is 10.5 Å². The Morgan fingerprint density at radius 1 is 1.23 bits per heavy atom. The highest BCUT2D eigenvalue weighted by molar-refractivity contribution is 7.89. The van der Waals surface area contributed by atoms with Crippen LogP contribution >= 0.6 is 0 Å². The molecular weight excluding hydrogens is 418 g/mol. The molecule has 1 saturated heterocycles. The Balaban J connectivity index is 1.59. The van der Waals surface area contributed by atoms with Gasteiger partial charge in [-0.05, 0) is 60.8 Å². The van der Waals surface area contributed by atoms with Gasteiger partial charge in [0.1, 0.15) is 0 Å². The second kappa shape index (κ2) is 9.23. The maximum atomic E-state index is 12.3. The lowest BCUT2D eigenvalue weighted by Crippen LogP contribution is -2.33. The third kappa shape index (κ3) is 5.54. The molecule has 0 atom stereocenters. The molecule has 0 radical (unpaired) electrons. The smallest absolute Gasteiger partial charge is 0.332 e. The summed E-state index contributed by atoms with van der Waals surface area (Å²) in [5.74, 6) is 0.979. The number of sulfonamides is 1. The number of carbonyl (C=O) groups is 1. The van der Waals surface area contributed by atoms with Gasteiger partial charge in [0.15, 0.2) is 0 Å². The average molecular weight is 446 g/mol. The van der Waals surface area contributed by atoms with Gasteiger partial charge in [-0.15, -0.1) is 0 Å². The molecule has 4 rings (SSSR count). The van der Waals surface area contributed by atoms with Crippen molar-refractivity contribution in [2.45, 2.75) is 32.1 Å². The van der Waals surface area contributed by atoms with Gasteiger partial charge >= 0.3 is 6.03 Å². The van der Waals surface area contributed by atoms with E-state index in [0.29, 0.717) is 24.1 Å². The number of aromatic nitrogens is 1. The third-order valence-electron chi connectivity index (χ3n) is 5.65. The summed E-state index contributed by atoms with van der Waals surface area (Å²) in [4.78, 5) is 16.6. The van der Waals surface area contributed by atoms with Crippen molar-refractivity contribution >= 4 is 21.7 Å². The van der Waals surface area contributed by atoms with E-state index in [1.807, 2.05) is 22.9 Å². The zero-order valence-corrected chi connectivity index (χ0v) is 18.3. The molecule has 8 nitrogen and oxygen atoms in total. The van der Waals surface area contributed by atoms with E-state index in [9.17, 15) is 13.2 Å². The Labute approximate surface area is 182 Å². The minimum atomic E-state index is -3.66. The van der Waals surface area contributed by atoms with E-state index in [-0.39, 0.29) is 0 Å². The van der Waals surface area contributed by atoms with Crippen LogP contribution in [0.25, 0.3) is 11.1 Å². The molecule has 166 valence electrons. The lowest BCUT2D eigenvalue weighted by molar-refractivity contribution is 0.0490. The van der Waals surface area contributed by atoms with Crippen molar-refractivity contribution in [1.29, 1.82) is 0 Å². The summed E-state index contributed by atoms with van der Waals surface area (Å²) < 4.78 is 36.2. The third-order valence-corrected chi connectivity index (χ3v) is 6.21. The molecule has 0 unspecified atom stereocenters. The molecule has 1 fully saturated rings. The summed E-state index contributed by atoms with van der Waals surface area (Å²) in [5, 5.41) is 2.76. The minimum Gasteiger partial charge on any atom is -0.477 e. The highest BCUT2D eigenvalue weighted by atomic mass is 32.2. The van der Waals surface area contributed by atoms with Crippen LogP contribution in [0, 0.1) is 5.92 Å². The fourth-order valence-electron chi connectivity index (χ4n) is 4.13. The Bertz CT molecular complexity index is 1060. The van der Waals surface area contributed by atoms with E-state index in [1.54, 1.807) is 6.20 Å². The van der Waals surface area contributed by atoms with Crippen LogP contribution in [0.3, 0.4) is 0 Å². The molecule has 0 spiro atoms. The molecule has 2 aromatic rings. The fourth-order valence-corrected chi connectivity index (χ4v) is 4.52. The zero-order valence-electron chi connectivity index (χ0n) is 17.5. The number of aryl methyl sites for hydroxylation is 1. The molecule has 0 bridgehead atoms. The first kappa shape index (κ1) is 21.6. The largest absolute Gasteiger partial charge is 0.477 e. The number of ether oxygens (including phenoxy) is 2. The number of nitrogens with one attached hydrogen (secondary N) is 2. The molecule has 1 aliphatic carbocycles.